The van der Waals surface area contributed by atoms with Gasteiger partial charge in [0.25, 0.3) is 0 Å². The van der Waals surface area contributed by atoms with Crippen molar-refractivity contribution in [1.82, 2.24) is 19.9 Å². The van der Waals surface area contributed by atoms with E-state index < -0.39 is 0 Å². The molecule has 5 rings (SSSR count). The Morgan fingerprint density at radius 2 is 1.59 bits per heavy atom. The standard InChI is InChI=1S/C26H25N5S/c1-17-10-12-20(13-11-17)31-25(24(29-26(31)32)22-8-4-6-14-27-22)21-16-18(2)30(19(21)3)23-9-5-7-15-28-23/h4-16,24-25H,1-3H3,(H,29,32)/t24-,25+/m1/s1. The fourth-order valence-electron chi connectivity index (χ4n) is 4.58. The molecule has 6 heteroatoms. The van der Waals surface area contributed by atoms with Crippen LogP contribution >= 0.6 is 12.2 Å². The number of benzene rings is 1. The fraction of sp³-hybridized carbons (Fsp3) is 0.192. The number of aromatic nitrogens is 3. The van der Waals surface area contributed by atoms with Gasteiger partial charge in [0.2, 0.25) is 0 Å². The Balaban J connectivity index is 1.68. The van der Waals surface area contributed by atoms with E-state index in [4.69, 9.17) is 12.2 Å². The minimum atomic E-state index is -0.0670. The molecule has 1 aromatic carbocycles. The molecular formula is C26H25N5S. The van der Waals surface area contributed by atoms with E-state index in [9.17, 15) is 0 Å². The fourth-order valence-corrected chi connectivity index (χ4v) is 4.93. The molecule has 0 aliphatic carbocycles. The normalized spacial score (nSPS) is 18.1. The highest BCUT2D eigenvalue weighted by atomic mass is 32.1. The van der Waals surface area contributed by atoms with Crippen molar-refractivity contribution in [2.45, 2.75) is 32.9 Å². The van der Waals surface area contributed by atoms with Crippen LogP contribution in [0.5, 0.6) is 0 Å². The third kappa shape index (κ3) is 3.46. The SMILES string of the molecule is Cc1ccc(N2C(=S)N[C@H](c3ccccn3)[C@@H]2c2cc(C)n(-c3ccccn3)c2C)cc1. The number of thiocarbonyl (C=S) groups is 1. The van der Waals surface area contributed by atoms with Gasteiger partial charge in [0.05, 0.1) is 17.8 Å². The van der Waals surface area contributed by atoms with E-state index >= 15 is 0 Å². The van der Waals surface area contributed by atoms with Gasteiger partial charge in [-0.05, 0) is 81.0 Å². The van der Waals surface area contributed by atoms with Crippen molar-refractivity contribution in [2.24, 2.45) is 0 Å². The van der Waals surface area contributed by atoms with Gasteiger partial charge in [-0.1, -0.05) is 29.8 Å². The van der Waals surface area contributed by atoms with Gasteiger partial charge in [0.15, 0.2) is 5.11 Å². The van der Waals surface area contributed by atoms with Gasteiger partial charge in [-0.25, -0.2) is 4.98 Å². The molecule has 0 amide bonds. The number of nitrogens with one attached hydrogen (secondary N) is 1. The number of hydrogen-bond donors (Lipinski definition) is 1. The van der Waals surface area contributed by atoms with Crippen LogP contribution in [0.1, 0.15) is 40.3 Å². The van der Waals surface area contributed by atoms with Crippen molar-refractivity contribution in [3.8, 4) is 5.82 Å². The molecule has 0 saturated carbocycles. The molecule has 1 aliphatic heterocycles. The maximum Gasteiger partial charge on any atom is 0.174 e. The first kappa shape index (κ1) is 20.4. The molecule has 0 radical (unpaired) electrons. The van der Waals surface area contributed by atoms with Crippen molar-refractivity contribution in [3.63, 3.8) is 0 Å². The molecular weight excluding hydrogens is 414 g/mol. The van der Waals surface area contributed by atoms with E-state index in [1.807, 2.05) is 42.7 Å². The Labute approximate surface area is 193 Å². The van der Waals surface area contributed by atoms with Crippen molar-refractivity contribution in [3.05, 3.63) is 107 Å². The maximum atomic E-state index is 5.85. The zero-order valence-corrected chi connectivity index (χ0v) is 19.2. The molecule has 4 aromatic rings. The molecule has 4 heterocycles. The number of pyridine rings is 2. The van der Waals surface area contributed by atoms with Crippen LogP contribution in [0, 0.1) is 20.8 Å². The summed E-state index contributed by atoms with van der Waals surface area (Å²) < 4.78 is 2.21. The van der Waals surface area contributed by atoms with Gasteiger partial charge >= 0.3 is 0 Å². The van der Waals surface area contributed by atoms with Gasteiger partial charge in [0.1, 0.15) is 5.82 Å². The van der Waals surface area contributed by atoms with Crippen LogP contribution in [0.15, 0.2) is 79.1 Å². The van der Waals surface area contributed by atoms with Crippen LogP contribution in [-0.4, -0.2) is 19.6 Å². The van der Waals surface area contributed by atoms with Crippen LogP contribution < -0.4 is 10.2 Å². The summed E-state index contributed by atoms with van der Waals surface area (Å²) in [5.41, 5.74) is 6.75. The first-order chi connectivity index (χ1) is 15.5. The smallest absolute Gasteiger partial charge is 0.174 e. The average molecular weight is 440 g/mol. The Morgan fingerprint density at radius 3 is 2.25 bits per heavy atom. The summed E-state index contributed by atoms with van der Waals surface area (Å²) in [6, 6.07) is 22.7. The number of hydrogen-bond acceptors (Lipinski definition) is 3. The predicted octanol–water partition coefficient (Wildman–Crippen LogP) is 5.37. The molecule has 5 nitrogen and oxygen atoms in total. The first-order valence-electron chi connectivity index (χ1n) is 10.7. The second-order valence-corrected chi connectivity index (χ2v) is 8.57. The van der Waals surface area contributed by atoms with Crippen LogP contribution in [0.2, 0.25) is 0 Å². The summed E-state index contributed by atoms with van der Waals surface area (Å²) in [7, 11) is 0. The van der Waals surface area contributed by atoms with E-state index in [1.165, 1.54) is 11.1 Å². The third-order valence-electron chi connectivity index (χ3n) is 6.08. The molecule has 0 unspecified atom stereocenters. The summed E-state index contributed by atoms with van der Waals surface area (Å²) in [4.78, 5) is 11.5. The van der Waals surface area contributed by atoms with Crippen molar-refractivity contribution in [2.75, 3.05) is 4.90 Å². The third-order valence-corrected chi connectivity index (χ3v) is 6.39. The quantitative estimate of drug-likeness (QED) is 0.433. The van der Waals surface area contributed by atoms with Crippen LogP contribution in [0.25, 0.3) is 5.82 Å². The second kappa shape index (κ2) is 8.20. The van der Waals surface area contributed by atoms with E-state index in [1.54, 1.807) is 0 Å². The van der Waals surface area contributed by atoms with Crippen LogP contribution in [-0.2, 0) is 0 Å². The monoisotopic (exact) mass is 439 g/mol. The summed E-state index contributed by atoms with van der Waals surface area (Å²) in [6.45, 7) is 6.37. The first-order valence-corrected chi connectivity index (χ1v) is 11.1. The molecule has 1 fully saturated rings. The summed E-state index contributed by atoms with van der Waals surface area (Å²) in [5.74, 6) is 0.915. The Kier molecular flexibility index (Phi) is 5.23. The Hall–Kier alpha value is -3.51. The number of nitrogens with zero attached hydrogens (tertiary/aromatic N) is 4. The van der Waals surface area contributed by atoms with Gasteiger partial charge < -0.3 is 14.8 Å². The van der Waals surface area contributed by atoms with Crippen molar-refractivity contribution in [1.29, 1.82) is 0 Å². The van der Waals surface area contributed by atoms with Gasteiger partial charge in [0, 0.05) is 29.5 Å². The zero-order valence-electron chi connectivity index (χ0n) is 18.4. The van der Waals surface area contributed by atoms with Crippen molar-refractivity contribution >= 4 is 23.0 Å². The lowest BCUT2D eigenvalue weighted by Gasteiger charge is -2.28. The van der Waals surface area contributed by atoms with Crippen molar-refractivity contribution < 1.29 is 0 Å². The lowest BCUT2D eigenvalue weighted by atomic mass is 9.96. The topological polar surface area (TPSA) is 46.0 Å². The lowest BCUT2D eigenvalue weighted by molar-refractivity contribution is 0.565. The van der Waals surface area contributed by atoms with Crippen LogP contribution in [0.3, 0.4) is 0 Å². The van der Waals surface area contributed by atoms with Crippen LogP contribution in [0.4, 0.5) is 5.69 Å². The molecule has 1 aliphatic rings. The number of anilines is 1. The minimum absolute atomic E-state index is 0.0382. The van der Waals surface area contributed by atoms with Gasteiger partial charge in [-0.3, -0.25) is 4.98 Å². The summed E-state index contributed by atoms with van der Waals surface area (Å²) in [5, 5.41) is 4.25. The molecule has 32 heavy (non-hydrogen) atoms. The number of rotatable bonds is 4. The van der Waals surface area contributed by atoms with E-state index in [-0.39, 0.29) is 12.1 Å². The molecule has 0 bridgehead atoms. The summed E-state index contributed by atoms with van der Waals surface area (Å²) in [6.07, 6.45) is 3.66. The maximum absolute atomic E-state index is 5.85. The molecule has 1 N–H and O–H groups in total. The largest absolute Gasteiger partial charge is 0.351 e. The zero-order chi connectivity index (χ0) is 22.2. The summed E-state index contributed by atoms with van der Waals surface area (Å²) >= 11 is 5.85. The molecule has 2 atom stereocenters. The molecule has 3 aromatic heterocycles. The Morgan fingerprint density at radius 1 is 0.875 bits per heavy atom. The lowest BCUT2D eigenvalue weighted by Crippen LogP contribution is -2.29. The minimum Gasteiger partial charge on any atom is -0.351 e. The number of aryl methyl sites for hydroxylation is 2. The average Bonchev–Trinajstić information content (AvgIpc) is 3.31. The highest BCUT2D eigenvalue weighted by Crippen LogP contribution is 2.43. The van der Waals surface area contributed by atoms with Gasteiger partial charge in [-0.2, -0.15) is 0 Å². The van der Waals surface area contributed by atoms with E-state index in [0.29, 0.717) is 5.11 Å². The molecule has 1 saturated heterocycles. The molecule has 0 spiro atoms. The Bertz CT molecular complexity index is 1250. The van der Waals surface area contributed by atoms with Gasteiger partial charge in [-0.15, -0.1) is 0 Å². The highest BCUT2D eigenvalue weighted by Gasteiger charge is 2.42. The van der Waals surface area contributed by atoms with E-state index in [2.05, 4.69) is 81.9 Å². The molecule has 160 valence electrons. The second-order valence-electron chi connectivity index (χ2n) is 8.18. The highest BCUT2D eigenvalue weighted by molar-refractivity contribution is 7.80. The predicted molar refractivity (Wildman–Crippen MR) is 132 cm³/mol. The van der Waals surface area contributed by atoms with E-state index in [0.717, 1.165) is 28.6 Å².